The maximum Gasteiger partial charge on any atom is 0.123 e. The monoisotopic (exact) mass is 237 g/mol. The molecule has 1 aliphatic rings. The summed E-state index contributed by atoms with van der Waals surface area (Å²) in [6.45, 7) is 2.30. The molecule has 1 fully saturated rings. The van der Waals surface area contributed by atoms with Gasteiger partial charge in [-0.15, -0.1) is 0 Å². The molecular formula is C14H20FNO. The van der Waals surface area contributed by atoms with E-state index >= 15 is 0 Å². The number of aliphatic hydroxyl groups excluding tert-OH is 1. The molecule has 1 saturated heterocycles. The highest BCUT2D eigenvalue weighted by Gasteiger charge is 2.24. The topological polar surface area (TPSA) is 32.3 Å². The molecule has 17 heavy (non-hydrogen) atoms. The summed E-state index contributed by atoms with van der Waals surface area (Å²) in [5.41, 5.74) is 1.16. The van der Waals surface area contributed by atoms with Gasteiger partial charge in [0.25, 0.3) is 0 Å². The number of rotatable bonds is 4. The molecule has 0 aliphatic carbocycles. The Labute approximate surface area is 102 Å². The van der Waals surface area contributed by atoms with Gasteiger partial charge in [0, 0.05) is 6.61 Å². The summed E-state index contributed by atoms with van der Waals surface area (Å²) in [4.78, 5) is 0. The van der Waals surface area contributed by atoms with E-state index in [9.17, 15) is 9.50 Å². The lowest BCUT2D eigenvalue weighted by molar-refractivity contribution is 0.233. The highest BCUT2D eigenvalue weighted by Crippen LogP contribution is 2.33. The van der Waals surface area contributed by atoms with Crippen LogP contribution in [0.15, 0.2) is 24.3 Å². The van der Waals surface area contributed by atoms with Gasteiger partial charge in [-0.2, -0.15) is 0 Å². The second kappa shape index (κ2) is 6.12. The van der Waals surface area contributed by atoms with Gasteiger partial charge in [-0.05, 0) is 61.9 Å². The van der Waals surface area contributed by atoms with Crippen LogP contribution in [0.5, 0.6) is 0 Å². The molecule has 3 heteroatoms. The minimum absolute atomic E-state index is 0.193. The van der Waals surface area contributed by atoms with Gasteiger partial charge >= 0.3 is 0 Å². The summed E-state index contributed by atoms with van der Waals surface area (Å²) in [5.74, 6) is 0.776. The van der Waals surface area contributed by atoms with E-state index in [1.165, 1.54) is 12.1 Å². The lowest BCUT2D eigenvalue weighted by Gasteiger charge is -2.30. The number of nitrogens with one attached hydrogen (secondary N) is 1. The predicted octanol–water partition coefficient (Wildman–Crippen LogP) is 2.29. The molecular weight excluding hydrogens is 217 g/mol. The molecule has 1 aromatic carbocycles. The Bertz CT molecular complexity index is 333. The van der Waals surface area contributed by atoms with Crippen molar-refractivity contribution in [3.63, 3.8) is 0 Å². The van der Waals surface area contributed by atoms with Crippen molar-refractivity contribution in [1.29, 1.82) is 0 Å². The third-order valence-electron chi connectivity index (χ3n) is 3.69. The molecule has 2 N–H and O–H groups in total. The summed E-state index contributed by atoms with van der Waals surface area (Å²) in [6.07, 6.45) is 3.06. The average molecular weight is 237 g/mol. The van der Waals surface area contributed by atoms with E-state index in [-0.39, 0.29) is 12.4 Å². The highest BCUT2D eigenvalue weighted by atomic mass is 19.1. The number of piperidine rings is 1. The average Bonchev–Trinajstić information content (AvgIpc) is 2.38. The predicted molar refractivity (Wildman–Crippen MR) is 66.4 cm³/mol. The van der Waals surface area contributed by atoms with E-state index in [2.05, 4.69) is 5.32 Å². The van der Waals surface area contributed by atoms with Gasteiger partial charge in [-0.1, -0.05) is 12.1 Å². The van der Waals surface area contributed by atoms with Crippen molar-refractivity contribution in [3.05, 3.63) is 35.6 Å². The normalized spacial score (nSPS) is 19.2. The Hall–Kier alpha value is -0.930. The Balaban J connectivity index is 2.12. The molecule has 1 aromatic rings. The smallest absolute Gasteiger partial charge is 0.123 e. The van der Waals surface area contributed by atoms with Crippen molar-refractivity contribution < 1.29 is 9.50 Å². The van der Waals surface area contributed by atoms with Crippen molar-refractivity contribution in [2.75, 3.05) is 19.7 Å². The molecule has 94 valence electrons. The van der Waals surface area contributed by atoms with Crippen molar-refractivity contribution in [2.24, 2.45) is 5.92 Å². The van der Waals surface area contributed by atoms with Gasteiger partial charge in [-0.25, -0.2) is 4.39 Å². The van der Waals surface area contributed by atoms with Crippen LogP contribution in [-0.2, 0) is 0 Å². The fourth-order valence-corrected chi connectivity index (χ4v) is 2.77. The first-order valence-corrected chi connectivity index (χ1v) is 6.38. The highest BCUT2D eigenvalue weighted by molar-refractivity contribution is 5.21. The third kappa shape index (κ3) is 3.27. The standard InChI is InChI=1S/C14H20FNO/c15-13-3-1-11(2-4-13)14(7-10-17)12-5-8-16-9-6-12/h1-4,12,14,16-17H,5-10H2/t14-/m1/s1. The van der Waals surface area contributed by atoms with Gasteiger partial charge in [0.05, 0.1) is 0 Å². The molecule has 2 rings (SSSR count). The van der Waals surface area contributed by atoms with E-state index in [1.807, 2.05) is 12.1 Å². The van der Waals surface area contributed by atoms with Crippen molar-refractivity contribution in [1.82, 2.24) is 5.32 Å². The summed E-state index contributed by atoms with van der Waals surface area (Å²) >= 11 is 0. The molecule has 1 atom stereocenters. The molecule has 0 radical (unpaired) electrons. The molecule has 0 saturated carbocycles. The number of benzene rings is 1. The zero-order chi connectivity index (χ0) is 12.1. The minimum atomic E-state index is -0.193. The zero-order valence-corrected chi connectivity index (χ0v) is 10.0. The van der Waals surface area contributed by atoms with E-state index in [0.717, 1.165) is 37.9 Å². The second-order valence-electron chi connectivity index (χ2n) is 4.76. The quantitative estimate of drug-likeness (QED) is 0.842. The summed E-state index contributed by atoms with van der Waals surface area (Å²) in [6, 6.07) is 6.75. The van der Waals surface area contributed by atoms with Crippen molar-refractivity contribution >= 4 is 0 Å². The van der Waals surface area contributed by atoms with Crippen LogP contribution >= 0.6 is 0 Å². The van der Waals surface area contributed by atoms with Gasteiger partial charge < -0.3 is 10.4 Å². The molecule has 1 aliphatic heterocycles. The largest absolute Gasteiger partial charge is 0.396 e. The van der Waals surface area contributed by atoms with Crippen LogP contribution in [-0.4, -0.2) is 24.8 Å². The number of hydrogen-bond donors (Lipinski definition) is 2. The van der Waals surface area contributed by atoms with Crippen LogP contribution in [0.2, 0.25) is 0 Å². The minimum Gasteiger partial charge on any atom is -0.396 e. The Morgan fingerprint density at radius 1 is 1.24 bits per heavy atom. The first-order chi connectivity index (χ1) is 8.31. The fourth-order valence-electron chi connectivity index (χ4n) is 2.77. The molecule has 2 nitrogen and oxygen atoms in total. The van der Waals surface area contributed by atoms with Crippen LogP contribution in [0.1, 0.15) is 30.7 Å². The summed E-state index contributed by atoms with van der Waals surface area (Å²) < 4.78 is 12.9. The maximum atomic E-state index is 12.9. The number of halogens is 1. The number of aliphatic hydroxyl groups is 1. The molecule has 0 aromatic heterocycles. The van der Waals surface area contributed by atoms with E-state index in [4.69, 9.17) is 0 Å². The van der Waals surface area contributed by atoms with Crippen LogP contribution < -0.4 is 5.32 Å². The molecule has 1 heterocycles. The lowest BCUT2D eigenvalue weighted by atomic mass is 9.79. The Morgan fingerprint density at radius 3 is 2.47 bits per heavy atom. The van der Waals surface area contributed by atoms with E-state index < -0.39 is 0 Å². The van der Waals surface area contributed by atoms with Gasteiger partial charge in [0.15, 0.2) is 0 Å². The van der Waals surface area contributed by atoms with Crippen LogP contribution in [0.25, 0.3) is 0 Å². The van der Waals surface area contributed by atoms with Crippen molar-refractivity contribution in [2.45, 2.75) is 25.2 Å². The Kier molecular flexibility index (Phi) is 4.51. The first-order valence-electron chi connectivity index (χ1n) is 6.38. The van der Waals surface area contributed by atoms with Crippen LogP contribution in [0, 0.1) is 11.7 Å². The number of hydrogen-bond acceptors (Lipinski definition) is 2. The zero-order valence-electron chi connectivity index (χ0n) is 10.0. The first kappa shape index (κ1) is 12.5. The Morgan fingerprint density at radius 2 is 1.88 bits per heavy atom. The molecule has 0 bridgehead atoms. The van der Waals surface area contributed by atoms with Gasteiger partial charge in [0.1, 0.15) is 5.82 Å². The molecule has 0 unspecified atom stereocenters. The SMILES string of the molecule is OCC[C@H](c1ccc(F)cc1)C1CCNCC1. The molecule has 0 amide bonds. The van der Waals surface area contributed by atoms with Crippen LogP contribution in [0.3, 0.4) is 0 Å². The summed E-state index contributed by atoms with van der Waals surface area (Å²) in [7, 11) is 0. The van der Waals surface area contributed by atoms with Gasteiger partial charge in [0.2, 0.25) is 0 Å². The maximum absolute atomic E-state index is 12.9. The van der Waals surface area contributed by atoms with Crippen molar-refractivity contribution in [3.8, 4) is 0 Å². The van der Waals surface area contributed by atoms with E-state index in [0.29, 0.717) is 11.8 Å². The second-order valence-corrected chi connectivity index (χ2v) is 4.76. The fraction of sp³-hybridized carbons (Fsp3) is 0.571. The lowest BCUT2D eigenvalue weighted by Crippen LogP contribution is -2.31. The van der Waals surface area contributed by atoms with Gasteiger partial charge in [-0.3, -0.25) is 0 Å². The summed E-state index contributed by atoms with van der Waals surface area (Å²) in [5, 5.41) is 12.5. The molecule has 0 spiro atoms. The third-order valence-corrected chi connectivity index (χ3v) is 3.69. The van der Waals surface area contributed by atoms with Crippen LogP contribution in [0.4, 0.5) is 4.39 Å². The van der Waals surface area contributed by atoms with E-state index in [1.54, 1.807) is 0 Å².